The van der Waals surface area contributed by atoms with Crippen molar-refractivity contribution < 1.29 is 14.6 Å². The normalized spacial score (nSPS) is 10.8. The van der Waals surface area contributed by atoms with Gasteiger partial charge in [-0.2, -0.15) is 10.2 Å². The molecule has 0 aliphatic rings. The zero-order valence-corrected chi connectivity index (χ0v) is 14.1. The predicted octanol–water partition coefficient (Wildman–Crippen LogP) is 2.94. The van der Waals surface area contributed by atoms with Gasteiger partial charge in [0.15, 0.2) is 0 Å². The van der Waals surface area contributed by atoms with Crippen molar-refractivity contribution in [3.8, 4) is 22.8 Å². The largest absolute Gasteiger partial charge is 0.507 e. The highest BCUT2D eigenvalue weighted by Crippen LogP contribution is 2.22. The van der Waals surface area contributed by atoms with Crippen LogP contribution in [0.25, 0.3) is 11.3 Å². The van der Waals surface area contributed by atoms with Gasteiger partial charge in [-0.3, -0.25) is 9.89 Å². The number of nitrogens with zero attached hydrogens (tertiary/aromatic N) is 2. The van der Waals surface area contributed by atoms with Gasteiger partial charge in [0.25, 0.3) is 5.91 Å². The number of phenols is 1. The SMILES string of the molecule is CCOc1cccc(-c2cc(C(=O)N/N=C/c3ccccc3O)[nH]n2)c1. The first-order chi connectivity index (χ1) is 12.7. The highest BCUT2D eigenvalue weighted by atomic mass is 16.5. The third-order valence-electron chi connectivity index (χ3n) is 3.57. The number of benzene rings is 2. The molecule has 0 unspecified atom stereocenters. The number of carbonyl (C=O) groups excluding carboxylic acids is 1. The lowest BCUT2D eigenvalue weighted by Gasteiger charge is -2.03. The van der Waals surface area contributed by atoms with Crippen LogP contribution < -0.4 is 10.2 Å². The summed E-state index contributed by atoms with van der Waals surface area (Å²) in [4.78, 5) is 12.2. The maximum absolute atomic E-state index is 12.2. The number of hydrogen-bond acceptors (Lipinski definition) is 5. The maximum atomic E-state index is 12.2. The van der Waals surface area contributed by atoms with Gasteiger partial charge in [-0.1, -0.05) is 24.3 Å². The molecule has 0 atom stereocenters. The van der Waals surface area contributed by atoms with Gasteiger partial charge in [0.1, 0.15) is 17.2 Å². The van der Waals surface area contributed by atoms with Gasteiger partial charge in [-0.15, -0.1) is 0 Å². The molecule has 0 spiro atoms. The number of aromatic hydroxyl groups is 1. The zero-order valence-electron chi connectivity index (χ0n) is 14.1. The number of H-pyrrole nitrogens is 1. The van der Waals surface area contributed by atoms with Crippen LogP contribution >= 0.6 is 0 Å². The van der Waals surface area contributed by atoms with E-state index in [2.05, 4.69) is 20.7 Å². The highest BCUT2D eigenvalue weighted by molar-refractivity contribution is 5.94. The van der Waals surface area contributed by atoms with Crippen LogP contribution in [0.5, 0.6) is 11.5 Å². The Morgan fingerprint density at radius 3 is 2.92 bits per heavy atom. The number of nitrogens with one attached hydrogen (secondary N) is 2. The number of hydrogen-bond donors (Lipinski definition) is 3. The molecule has 7 heteroatoms. The van der Waals surface area contributed by atoms with Crippen molar-refractivity contribution in [1.82, 2.24) is 15.6 Å². The van der Waals surface area contributed by atoms with Crippen molar-refractivity contribution >= 4 is 12.1 Å². The number of hydrazone groups is 1. The molecule has 3 aromatic rings. The van der Waals surface area contributed by atoms with E-state index in [1.807, 2.05) is 31.2 Å². The Hall–Kier alpha value is -3.61. The van der Waals surface area contributed by atoms with Crippen LogP contribution in [0.1, 0.15) is 23.0 Å². The fourth-order valence-corrected chi connectivity index (χ4v) is 2.32. The Kier molecular flexibility index (Phi) is 5.28. The molecule has 0 saturated heterocycles. The molecule has 26 heavy (non-hydrogen) atoms. The van der Waals surface area contributed by atoms with E-state index in [9.17, 15) is 9.90 Å². The summed E-state index contributed by atoms with van der Waals surface area (Å²) in [6.45, 7) is 2.49. The topological polar surface area (TPSA) is 99.6 Å². The lowest BCUT2D eigenvalue weighted by Crippen LogP contribution is -2.18. The van der Waals surface area contributed by atoms with Crippen molar-refractivity contribution in [2.45, 2.75) is 6.92 Å². The van der Waals surface area contributed by atoms with E-state index in [0.717, 1.165) is 11.3 Å². The van der Waals surface area contributed by atoms with Gasteiger partial charge in [-0.05, 0) is 37.3 Å². The molecule has 7 nitrogen and oxygen atoms in total. The maximum Gasteiger partial charge on any atom is 0.289 e. The van der Waals surface area contributed by atoms with E-state index in [0.29, 0.717) is 17.9 Å². The molecule has 0 bridgehead atoms. The molecule has 0 fully saturated rings. The number of aromatic nitrogens is 2. The van der Waals surface area contributed by atoms with E-state index >= 15 is 0 Å². The van der Waals surface area contributed by atoms with Crippen molar-refractivity contribution in [1.29, 1.82) is 0 Å². The lowest BCUT2D eigenvalue weighted by molar-refractivity contribution is 0.0950. The predicted molar refractivity (Wildman–Crippen MR) is 98.4 cm³/mol. The standard InChI is InChI=1S/C19H18N4O3/c1-2-26-15-8-5-7-13(10-15)16-11-17(22-21-16)19(25)23-20-12-14-6-3-4-9-18(14)24/h3-12,24H,2H2,1H3,(H,21,22)(H,23,25)/b20-12+. The van der Waals surface area contributed by atoms with Gasteiger partial charge in [0, 0.05) is 11.1 Å². The van der Waals surface area contributed by atoms with Gasteiger partial charge in [-0.25, -0.2) is 5.43 Å². The van der Waals surface area contributed by atoms with Gasteiger partial charge in [0.2, 0.25) is 0 Å². The molecule has 1 heterocycles. The average Bonchev–Trinajstić information content (AvgIpc) is 3.14. The summed E-state index contributed by atoms with van der Waals surface area (Å²) < 4.78 is 5.47. The Morgan fingerprint density at radius 2 is 2.12 bits per heavy atom. The highest BCUT2D eigenvalue weighted by Gasteiger charge is 2.11. The molecular formula is C19H18N4O3. The minimum absolute atomic E-state index is 0.0866. The summed E-state index contributed by atoms with van der Waals surface area (Å²) in [7, 11) is 0. The number of para-hydroxylation sites is 1. The molecule has 3 N–H and O–H groups in total. The van der Waals surface area contributed by atoms with Gasteiger partial charge < -0.3 is 9.84 Å². The van der Waals surface area contributed by atoms with E-state index in [1.165, 1.54) is 6.21 Å². The molecule has 0 aliphatic carbocycles. The van der Waals surface area contributed by atoms with Crippen molar-refractivity contribution in [2.24, 2.45) is 5.10 Å². The quantitative estimate of drug-likeness (QED) is 0.470. The number of carbonyl (C=O) groups is 1. The minimum atomic E-state index is -0.434. The minimum Gasteiger partial charge on any atom is -0.507 e. The van der Waals surface area contributed by atoms with E-state index < -0.39 is 5.91 Å². The molecule has 0 aliphatic heterocycles. The van der Waals surface area contributed by atoms with Crippen LogP contribution in [0, 0.1) is 0 Å². The van der Waals surface area contributed by atoms with Crippen LogP contribution in [-0.4, -0.2) is 34.0 Å². The monoisotopic (exact) mass is 350 g/mol. The summed E-state index contributed by atoms with van der Waals surface area (Å²) in [6.07, 6.45) is 1.37. The molecular weight excluding hydrogens is 332 g/mol. The summed E-state index contributed by atoms with van der Waals surface area (Å²) in [5, 5.41) is 20.3. The fourth-order valence-electron chi connectivity index (χ4n) is 2.32. The first kappa shape index (κ1) is 17.2. The Morgan fingerprint density at radius 1 is 1.27 bits per heavy atom. The number of amides is 1. The Bertz CT molecular complexity index is 934. The Balaban J connectivity index is 1.68. The molecule has 2 aromatic carbocycles. The van der Waals surface area contributed by atoms with E-state index in [-0.39, 0.29) is 11.4 Å². The number of ether oxygens (including phenoxy) is 1. The van der Waals surface area contributed by atoms with Gasteiger partial charge in [0.05, 0.1) is 18.5 Å². The summed E-state index contributed by atoms with van der Waals surface area (Å²) in [5.74, 6) is 0.395. The molecule has 132 valence electrons. The second-order valence-corrected chi connectivity index (χ2v) is 5.39. The van der Waals surface area contributed by atoms with Crippen molar-refractivity contribution in [3.05, 3.63) is 65.9 Å². The molecule has 0 saturated carbocycles. The van der Waals surface area contributed by atoms with E-state index in [4.69, 9.17) is 4.74 Å². The zero-order chi connectivity index (χ0) is 18.4. The second kappa shape index (κ2) is 7.98. The van der Waals surface area contributed by atoms with Gasteiger partial charge >= 0.3 is 0 Å². The van der Waals surface area contributed by atoms with Crippen LogP contribution in [-0.2, 0) is 0 Å². The smallest absolute Gasteiger partial charge is 0.289 e. The van der Waals surface area contributed by atoms with E-state index in [1.54, 1.807) is 30.3 Å². The van der Waals surface area contributed by atoms with Crippen LogP contribution in [0.2, 0.25) is 0 Å². The number of aromatic amines is 1. The number of rotatable bonds is 6. The first-order valence-corrected chi connectivity index (χ1v) is 8.07. The third-order valence-corrected chi connectivity index (χ3v) is 3.57. The molecule has 1 aromatic heterocycles. The summed E-state index contributed by atoms with van der Waals surface area (Å²) >= 11 is 0. The lowest BCUT2D eigenvalue weighted by atomic mass is 10.1. The number of phenolic OH excluding ortho intramolecular Hbond substituents is 1. The van der Waals surface area contributed by atoms with Crippen molar-refractivity contribution in [3.63, 3.8) is 0 Å². The average molecular weight is 350 g/mol. The summed E-state index contributed by atoms with van der Waals surface area (Å²) in [5.41, 5.74) is 4.64. The van der Waals surface area contributed by atoms with Crippen LogP contribution in [0.15, 0.2) is 59.7 Å². The third kappa shape index (κ3) is 4.07. The molecule has 1 amide bonds. The van der Waals surface area contributed by atoms with Crippen LogP contribution in [0.4, 0.5) is 0 Å². The second-order valence-electron chi connectivity index (χ2n) is 5.39. The summed E-state index contributed by atoms with van der Waals surface area (Å²) in [6, 6.07) is 15.8. The molecule has 0 radical (unpaired) electrons. The van der Waals surface area contributed by atoms with Crippen LogP contribution in [0.3, 0.4) is 0 Å². The first-order valence-electron chi connectivity index (χ1n) is 8.07. The fraction of sp³-hybridized carbons (Fsp3) is 0.105. The Labute approximate surface area is 150 Å². The van der Waals surface area contributed by atoms with Crippen molar-refractivity contribution in [2.75, 3.05) is 6.61 Å². The molecule has 3 rings (SSSR count).